The molecule has 0 saturated heterocycles. The molecular weight excluding hydrogens is 214 g/mol. The molecule has 0 aromatic carbocycles. The van der Waals surface area contributed by atoms with Gasteiger partial charge in [-0.1, -0.05) is 0 Å². The highest BCUT2D eigenvalue weighted by Crippen LogP contribution is 2.23. The first-order chi connectivity index (χ1) is 8.10. The quantitative estimate of drug-likeness (QED) is 0.879. The van der Waals surface area contributed by atoms with E-state index >= 15 is 0 Å². The first kappa shape index (κ1) is 11.9. The number of nitrogens with zero attached hydrogens (tertiary/aromatic N) is 2. The summed E-state index contributed by atoms with van der Waals surface area (Å²) < 4.78 is 7.40. The molecule has 0 fully saturated rings. The van der Waals surface area contributed by atoms with Gasteiger partial charge in [0.25, 0.3) is 0 Å². The molecule has 2 aromatic rings. The summed E-state index contributed by atoms with van der Waals surface area (Å²) in [5.41, 5.74) is 2.31. The van der Waals surface area contributed by atoms with Crippen molar-refractivity contribution >= 4 is 0 Å². The molecule has 2 aromatic heterocycles. The van der Waals surface area contributed by atoms with Crippen molar-refractivity contribution in [1.82, 2.24) is 15.1 Å². The third-order valence-electron chi connectivity index (χ3n) is 2.99. The lowest BCUT2D eigenvalue weighted by molar-refractivity contribution is 0.489. The lowest BCUT2D eigenvalue weighted by Gasteiger charge is -2.13. The van der Waals surface area contributed by atoms with Crippen molar-refractivity contribution in [1.29, 1.82) is 0 Å². The molecule has 0 bridgehead atoms. The maximum Gasteiger partial charge on any atom is 0.105 e. The van der Waals surface area contributed by atoms with Crippen LogP contribution in [0.25, 0.3) is 0 Å². The van der Waals surface area contributed by atoms with E-state index in [4.69, 9.17) is 4.42 Å². The van der Waals surface area contributed by atoms with E-state index in [1.807, 2.05) is 44.9 Å². The van der Waals surface area contributed by atoms with Gasteiger partial charge in [-0.25, -0.2) is 0 Å². The third-order valence-corrected chi connectivity index (χ3v) is 2.99. The minimum atomic E-state index is 0.252. The van der Waals surface area contributed by atoms with Gasteiger partial charge in [-0.15, -0.1) is 0 Å². The normalized spacial score (nSPS) is 12.9. The first-order valence-corrected chi connectivity index (χ1v) is 5.83. The predicted molar refractivity (Wildman–Crippen MR) is 66.9 cm³/mol. The van der Waals surface area contributed by atoms with Gasteiger partial charge in [-0.2, -0.15) is 5.10 Å². The van der Waals surface area contributed by atoms with E-state index in [1.165, 1.54) is 5.56 Å². The molecular formula is C13H19N3O. The van der Waals surface area contributed by atoms with Crippen molar-refractivity contribution in [3.05, 3.63) is 41.1 Å². The van der Waals surface area contributed by atoms with E-state index < -0.39 is 0 Å². The summed E-state index contributed by atoms with van der Waals surface area (Å²) in [6, 6.07) is 4.40. The van der Waals surface area contributed by atoms with E-state index in [2.05, 4.69) is 16.5 Å². The molecule has 1 N–H and O–H groups in total. The SMILES string of the molecule is CNC(Cc1ccn(C)n1)c1cc(C)oc1C. The molecule has 0 aliphatic carbocycles. The number of rotatable bonds is 4. The smallest absolute Gasteiger partial charge is 0.105 e. The number of nitrogens with one attached hydrogen (secondary N) is 1. The Labute approximate surface area is 102 Å². The molecule has 1 unspecified atom stereocenters. The monoisotopic (exact) mass is 233 g/mol. The molecule has 4 heteroatoms. The fourth-order valence-electron chi connectivity index (χ4n) is 2.15. The maximum absolute atomic E-state index is 5.57. The van der Waals surface area contributed by atoms with Gasteiger partial charge in [0.1, 0.15) is 11.5 Å². The van der Waals surface area contributed by atoms with Crippen LogP contribution in [-0.2, 0) is 13.5 Å². The largest absolute Gasteiger partial charge is 0.466 e. The zero-order valence-electron chi connectivity index (χ0n) is 10.8. The summed E-state index contributed by atoms with van der Waals surface area (Å²) in [4.78, 5) is 0. The van der Waals surface area contributed by atoms with Crippen LogP contribution in [0.1, 0.15) is 28.8 Å². The Bertz CT molecular complexity index is 498. The van der Waals surface area contributed by atoms with Crippen LogP contribution in [0, 0.1) is 13.8 Å². The molecule has 0 amide bonds. The van der Waals surface area contributed by atoms with Gasteiger partial charge >= 0.3 is 0 Å². The van der Waals surface area contributed by atoms with Gasteiger partial charge in [0.15, 0.2) is 0 Å². The van der Waals surface area contributed by atoms with Gasteiger partial charge in [-0.3, -0.25) is 4.68 Å². The second-order valence-corrected chi connectivity index (χ2v) is 4.39. The Hall–Kier alpha value is -1.55. The molecule has 92 valence electrons. The standard InChI is InChI=1S/C13H19N3O/c1-9-7-12(10(2)17-9)13(14-3)8-11-5-6-16(4)15-11/h5-7,13-14H,8H2,1-4H3. The lowest BCUT2D eigenvalue weighted by atomic mass is 10.0. The summed E-state index contributed by atoms with van der Waals surface area (Å²) in [5.74, 6) is 1.94. The minimum Gasteiger partial charge on any atom is -0.466 e. The van der Waals surface area contributed by atoms with Crippen molar-refractivity contribution in [2.24, 2.45) is 7.05 Å². The number of likely N-dealkylation sites (N-methyl/N-ethyl adjacent to an activating group) is 1. The van der Waals surface area contributed by atoms with E-state index in [1.54, 1.807) is 0 Å². The number of aromatic nitrogens is 2. The maximum atomic E-state index is 5.57. The Morgan fingerprint density at radius 1 is 1.47 bits per heavy atom. The van der Waals surface area contributed by atoms with Crippen LogP contribution >= 0.6 is 0 Å². The number of hydrogen-bond acceptors (Lipinski definition) is 3. The second kappa shape index (κ2) is 4.75. The predicted octanol–water partition coefficient (Wildman–Crippen LogP) is 2.13. The van der Waals surface area contributed by atoms with Crippen molar-refractivity contribution in [2.75, 3.05) is 7.05 Å². The Kier molecular flexibility index (Phi) is 3.33. The van der Waals surface area contributed by atoms with E-state index in [-0.39, 0.29) is 6.04 Å². The van der Waals surface area contributed by atoms with Crippen LogP contribution in [0.5, 0.6) is 0 Å². The first-order valence-electron chi connectivity index (χ1n) is 5.83. The number of aryl methyl sites for hydroxylation is 3. The molecule has 0 aliphatic rings. The van der Waals surface area contributed by atoms with Crippen LogP contribution in [0.3, 0.4) is 0 Å². The van der Waals surface area contributed by atoms with Gasteiger partial charge in [0.05, 0.1) is 5.69 Å². The molecule has 0 aliphatic heterocycles. The van der Waals surface area contributed by atoms with Crippen LogP contribution < -0.4 is 5.32 Å². The number of hydrogen-bond donors (Lipinski definition) is 1. The fourth-order valence-corrected chi connectivity index (χ4v) is 2.15. The molecule has 0 spiro atoms. The number of furan rings is 1. The van der Waals surface area contributed by atoms with Gasteiger partial charge < -0.3 is 9.73 Å². The third kappa shape index (κ3) is 2.58. The molecule has 2 heterocycles. The Morgan fingerprint density at radius 2 is 2.24 bits per heavy atom. The van der Waals surface area contributed by atoms with Crippen molar-refractivity contribution in [3.63, 3.8) is 0 Å². The summed E-state index contributed by atoms with van der Waals surface area (Å²) >= 11 is 0. The Morgan fingerprint density at radius 3 is 2.71 bits per heavy atom. The molecule has 1 atom stereocenters. The average molecular weight is 233 g/mol. The summed E-state index contributed by atoms with van der Waals surface area (Å²) in [5, 5.41) is 7.73. The van der Waals surface area contributed by atoms with Gasteiger partial charge in [0, 0.05) is 31.3 Å². The van der Waals surface area contributed by atoms with Crippen molar-refractivity contribution < 1.29 is 4.42 Å². The average Bonchev–Trinajstić information content (AvgIpc) is 2.82. The lowest BCUT2D eigenvalue weighted by Crippen LogP contribution is -2.19. The highest BCUT2D eigenvalue weighted by atomic mass is 16.3. The topological polar surface area (TPSA) is 43.0 Å². The fraction of sp³-hybridized carbons (Fsp3) is 0.462. The highest BCUT2D eigenvalue weighted by Gasteiger charge is 2.16. The highest BCUT2D eigenvalue weighted by molar-refractivity contribution is 5.25. The van der Waals surface area contributed by atoms with E-state index in [0.717, 1.165) is 23.6 Å². The zero-order chi connectivity index (χ0) is 12.4. The summed E-state index contributed by atoms with van der Waals surface area (Å²) in [6.45, 7) is 3.98. The molecule has 17 heavy (non-hydrogen) atoms. The van der Waals surface area contributed by atoms with Crippen molar-refractivity contribution in [2.45, 2.75) is 26.3 Å². The van der Waals surface area contributed by atoms with Crippen LogP contribution in [0.15, 0.2) is 22.7 Å². The second-order valence-electron chi connectivity index (χ2n) is 4.39. The van der Waals surface area contributed by atoms with E-state index in [9.17, 15) is 0 Å². The van der Waals surface area contributed by atoms with E-state index in [0.29, 0.717) is 0 Å². The summed E-state index contributed by atoms with van der Waals surface area (Å²) in [7, 11) is 3.90. The molecule has 0 radical (unpaired) electrons. The summed E-state index contributed by atoms with van der Waals surface area (Å²) in [6.07, 6.45) is 2.84. The minimum absolute atomic E-state index is 0.252. The van der Waals surface area contributed by atoms with Crippen molar-refractivity contribution in [3.8, 4) is 0 Å². The van der Waals surface area contributed by atoms with Crippen LogP contribution in [0.4, 0.5) is 0 Å². The molecule has 4 nitrogen and oxygen atoms in total. The molecule has 0 saturated carbocycles. The van der Waals surface area contributed by atoms with Gasteiger partial charge in [0.2, 0.25) is 0 Å². The molecule has 2 rings (SSSR count). The van der Waals surface area contributed by atoms with Crippen LogP contribution in [-0.4, -0.2) is 16.8 Å². The zero-order valence-corrected chi connectivity index (χ0v) is 10.8. The van der Waals surface area contributed by atoms with Crippen LogP contribution in [0.2, 0.25) is 0 Å². The Balaban J connectivity index is 2.19. The van der Waals surface area contributed by atoms with Gasteiger partial charge in [-0.05, 0) is 33.0 Å².